The van der Waals surface area contributed by atoms with Gasteiger partial charge in [0.05, 0.1) is 32.1 Å². The van der Waals surface area contributed by atoms with Crippen molar-refractivity contribution in [1.29, 1.82) is 0 Å². The average molecular weight is 507 g/mol. The summed E-state index contributed by atoms with van der Waals surface area (Å²) in [4.78, 5) is 31.7. The van der Waals surface area contributed by atoms with E-state index in [-0.39, 0.29) is 17.7 Å². The first-order valence-corrected chi connectivity index (χ1v) is 12.1. The molecule has 0 bridgehead atoms. The number of ether oxygens (including phenoxy) is 3. The summed E-state index contributed by atoms with van der Waals surface area (Å²) in [6, 6.07) is 14.0. The predicted molar refractivity (Wildman–Crippen MR) is 139 cm³/mol. The van der Waals surface area contributed by atoms with Crippen LogP contribution >= 0.6 is 11.3 Å². The van der Waals surface area contributed by atoms with Crippen LogP contribution in [0.15, 0.2) is 57.9 Å². The number of aryl methyl sites for hydroxylation is 1. The summed E-state index contributed by atoms with van der Waals surface area (Å²) in [6.45, 7) is 5.73. The summed E-state index contributed by atoms with van der Waals surface area (Å²) >= 11 is 1.33. The molecular weight excluding hydrogens is 480 g/mol. The van der Waals surface area contributed by atoms with Crippen LogP contribution in [0.3, 0.4) is 0 Å². The van der Waals surface area contributed by atoms with Gasteiger partial charge in [-0.1, -0.05) is 12.1 Å². The highest BCUT2D eigenvalue weighted by atomic mass is 32.1. The molecule has 186 valence electrons. The third kappa shape index (κ3) is 4.96. The fourth-order valence-corrected chi connectivity index (χ4v) is 4.65. The first kappa shape index (κ1) is 25.0. The Labute approximate surface area is 212 Å². The molecule has 4 aromatic rings. The Balaban J connectivity index is 1.92. The fraction of sp³-hybridized carbons (Fsp3) is 0.222. The van der Waals surface area contributed by atoms with Crippen molar-refractivity contribution >= 4 is 44.9 Å². The van der Waals surface area contributed by atoms with Gasteiger partial charge in [0.1, 0.15) is 27.6 Å². The van der Waals surface area contributed by atoms with Gasteiger partial charge in [0.25, 0.3) is 5.91 Å². The Morgan fingerprint density at radius 3 is 2.56 bits per heavy atom. The Bertz CT molecular complexity index is 1520. The van der Waals surface area contributed by atoms with Crippen LogP contribution in [0, 0.1) is 13.8 Å². The second-order valence-electron chi connectivity index (χ2n) is 7.82. The number of anilines is 1. The monoisotopic (exact) mass is 506 g/mol. The quantitative estimate of drug-likeness (QED) is 0.319. The number of hydrogen-bond donors (Lipinski definition) is 1. The van der Waals surface area contributed by atoms with E-state index in [2.05, 4.69) is 10.3 Å². The van der Waals surface area contributed by atoms with Crippen LogP contribution in [0.1, 0.15) is 38.1 Å². The van der Waals surface area contributed by atoms with Gasteiger partial charge in [-0.3, -0.25) is 4.79 Å². The van der Waals surface area contributed by atoms with Crippen molar-refractivity contribution in [3.05, 3.63) is 75.7 Å². The Morgan fingerprint density at radius 2 is 1.83 bits per heavy atom. The van der Waals surface area contributed by atoms with Crippen LogP contribution in [0.2, 0.25) is 0 Å². The normalized spacial score (nSPS) is 11.4. The summed E-state index contributed by atoms with van der Waals surface area (Å²) in [7, 11) is 3.09. The molecule has 36 heavy (non-hydrogen) atoms. The van der Waals surface area contributed by atoms with Crippen LogP contribution in [0.25, 0.3) is 11.0 Å². The van der Waals surface area contributed by atoms with Gasteiger partial charge in [-0.05, 0) is 62.7 Å². The van der Waals surface area contributed by atoms with Crippen LogP contribution < -0.4 is 20.3 Å². The number of rotatable bonds is 7. The number of carbonyl (C=O) groups excluding carboxylic acids is 2. The highest BCUT2D eigenvalue weighted by Gasteiger charge is 2.22. The number of para-hydroxylation sites is 2. The van der Waals surface area contributed by atoms with Crippen molar-refractivity contribution in [3.8, 4) is 11.5 Å². The summed E-state index contributed by atoms with van der Waals surface area (Å²) in [5, 5.41) is 3.93. The number of nitrogens with zero attached hydrogens (tertiary/aromatic N) is 1. The molecule has 9 heteroatoms. The van der Waals surface area contributed by atoms with E-state index in [1.807, 2.05) is 19.9 Å². The zero-order valence-corrected chi connectivity index (χ0v) is 21.4. The summed E-state index contributed by atoms with van der Waals surface area (Å²) in [5.41, 5.74) is 2.39. The van der Waals surface area contributed by atoms with Crippen molar-refractivity contribution in [2.24, 2.45) is 4.99 Å². The Kier molecular flexibility index (Phi) is 7.40. The number of methoxy groups -OCH3 is 2. The van der Waals surface area contributed by atoms with Gasteiger partial charge >= 0.3 is 5.97 Å². The van der Waals surface area contributed by atoms with Gasteiger partial charge in [0.2, 0.25) is 5.55 Å². The van der Waals surface area contributed by atoms with Gasteiger partial charge in [-0.2, -0.15) is 0 Å². The zero-order valence-electron chi connectivity index (χ0n) is 20.6. The molecule has 0 saturated heterocycles. The van der Waals surface area contributed by atoms with Crippen molar-refractivity contribution in [3.63, 3.8) is 0 Å². The van der Waals surface area contributed by atoms with Crippen LogP contribution in [0.4, 0.5) is 10.7 Å². The third-order valence-corrected chi connectivity index (χ3v) is 6.70. The fourth-order valence-electron chi connectivity index (χ4n) is 3.64. The van der Waals surface area contributed by atoms with Gasteiger partial charge in [0.15, 0.2) is 0 Å². The molecule has 0 atom stereocenters. The maximum atomic E-state index is 13.5. The maximum absolute atomic E-state index is 13.5. The molecule has 0 aliphatic carbocycles. The van der Waals surface area contributed by atoms with Crippen LogP contribution in [0.5, 0.6) is 11.5 Å². The molecule has 4 rings (SSSR count). The number of benzene rings is 2. The van der Waals surface area contributed by atoms with E-state index in [1.165, 1.54) is 18.4 Å². The van der Waals surface area contributed by atoms with Crippen molar-refractivity contribution in [2.45, 2.75) is 20.8 Å². The summed E-state index contributed by atoms with van der Waals surface area (Å²) < 4.78 is 22.0. The lowest BCUT2D eigenvalue weighted by molar-refractivity contribution is 0.0527. The molecule has 0 saturated carbocycles. The zero-order chi connectivity index (χ0) is 25.8. The number of carbonyl (C=O) groups is 2. The van der Waals surface area contributed by atoms with E-state index in [9.17, 15) is 9.59 Å². The molecule has 1 amide bonds. The number of esters is 1. The number of amides is 1. The molecule has 0 radical (unpaired) electrons. The molecule has 0 fully saturated rings. The van der Waals surface area contributed by atoms with Gasteiger partial charge in [-0.25, -0.2) is 9.79 Å². The number of nitrogens with one attached hydrogen (secondary N) is 1. The van der Waals surface area contributed by atoms with Gasteiger partial charge in [-0.15, -0.1) is 11.3 Å². The number of hydrogen-bond acceptors (Lipinski definition) is 8. The minimum absolute atomic E-state index is 0.0619. The first-order valence-electron chi connectivity index (χ1n) is 11.2. The van der Waals surface area contributed by atoms with Crippen molar-refractivity contribution < 1.29 is 28.2 Å². The van der Waals surface area contributed by atoms with Gasteiger partial charge < -0.3 is 23.9 Å². The number of fused-ring (bicyclic) bond motifs is 1. The molecule has 1 N–H and O–H groups in total. The second-order valence-corrected chi connectivity index (χ2v) is 9.02. The molecule has 2 heterocycles. The summed E-state index contributed by atoms with van der Waals surface area (Å²) in [6.07, 6.45) is 0. The highest BCUT2D eigenvalue weighted by Crippen LogP contribution is 2.35. The van der Waals surface area contributed by atoms with E-state index >= 15 is 0 Å². The third-order valence-electron chi connectivity index (χ3n) is 5.60. The molecule has 0 aliphatic heterocycles. The van der Waals surface area contributed by atoms with E-state index in [1.54, 1.807) is 56.5 Å². The van der Waals surface area contributed by atoms with Crippen molar-refractivity contribution in [1.82, 2.24) is 0 Å². The van der Waals surface area contributed by atoms with E-state index in [4.69, 9.17) is 18.6 Å². The van der Waals surface area contributed by atoms with E-state index in [0.29, 0.717) is 38.7 Å². The first-order chi connectivity index (χ1) is 17.4. The van der Waals surface area contributed by atoms with Crippen LogP contribution in [-0.2, 0) is 4.74 Å². The molecule has 0 aliphatic rings. The SMILES string of the molecule is CCOC(=O)c1c(N=c2oc3ccc(OC)cc3cc2C(=O)Nc2ccccc2OC)sc(C)c1C. The standard InChI is InChI=1S/C27H26N2O6S/c1-6-34-27(31)23-15(2)16(3)36-26(23)29-25-19(14-17-13-18(32-4)11-12-21(17)35-25)24(30)28-20-9-7-8-10-22(20)33-5/h7-14H,6H2,1-5H3,(H,28,30). The van der Waals surface area contributed by atoms with E-state index in [0.717, 1.165) is 10.4 Å². The van der Waals surface area contributed by atoms with Crippen LogP contribution in [-0.4, -0.2) is 32.7 Å². The molecule has 8 nitrogen and oxygen atoms in total. The Hall–Kier alpha value is -4.11. The predicted octanol–water partition coefficient (Wildman–Crippen LogP) is 5.79. The minimum atomic E-state index is -0.469. The lowest BCUT2D eigenvalue weighted by atomic mass is 10.1. The lowest BCUT2D eigenvalue weighted by Crippen LogP contribution is -2.22. The molecule has 0 spiro atoms. The smallest absolute Gasteiger partial charge is 0.341 e. The van der Waals surface area contributed by atoms with Gasteiger partial charge in [0, 0.05) is 10.3 Å². The number of thiophene rings is 1. The summed E-state index contributed by atoms with van der Waals surface area (Å²) in [5.74, 6) is 0.212. The van der Waals surface area contributed by atoms with E-state index < -0.39 is 11.9 Å². The topological polar surface area (TPSA) is 99.4 Å². The highest BCUT2D eigenvalue weighted by molar-refractivity contribution is 7.16. The molecule has 0 unspecified atom stereocenters. The molecular formula is C27H26N2O6S. The second kappa shape index (κ2) is 10.7. The minimum Gasteiger partial charge on any atom is -0.497 e. The lowest BCUT2D eigenvalue weighted by Gasteiger charge is -2.11. The molecule has 2 aromatic heterocycles. The maximum Gasteiger partial charge on any atom is 0.341 e. The molecule has 2 aromatic carbocycles. The Morgan fingerprint density at radius 1 is 1.06 bits per heavy atom. The largest absolute Gasteiger partial charge is 0.497 e. The van der Waals surface area contributed by atoms with Crippen molar-refractivity contribution in [2.75, 3.05) is 26.1 Å². The average Bonchev–Trinajstić information content (AvgIpc) is 3.16.